The van der Waals surface area contributed by atoms with Crippen LogP contribution in [0.15, 0.2) is 70.4 Å². The molecule has 2 aromatic carbocycles. The molecule has 4 aromatic rings. The molecule has 0 aliphatic rings. The van der Waals surface area contributed by atoms with Crippen molar-refractivity contribution in [2.45, 2.75) is 17.3 Å². The van der Waals surface area contributed by atoms with Crippen LogP contribution >= 0.6 is 11.8 Å². The van der Waals surface area contributed by atoms with Crippen LogP contribution in [0.1, 0.15) is 18.1 Å². The van der Waals surface area contributed by atoms with Crippen LogP contribution in [0.4, 0.5) is 4.39 Å². The summed E-state index contributed by atoms with van der Waals surface area (Å²) in [5, 5.41) is 8.93. The maximum Gasteiger partial charge on any atom is 0.247 e. The fourth-order valence-electron chi connectivity index (χ4n) is 2.45. The third-order valence-corrected chi connectivity index (χ3v) is 4.79. The maximum atomic E-state index is 13.0. The van der Waals surface area contributed by atoms with Crippen LogP contribution in [0.5, 0.6) is 0 Å². The van der Waals surface area contributed by atoms with E-state index in [4.69, 9.17) is 4.42 Å². The second kappa shape index (κ2) is 7.13. The number of hydrogen-bond acceptors (Lipinski definition) is 5. The minimum atomic E-state index is -0.262. The zero-order chi connectivity index (χ0) is 17.9. The summed E-state index contributed by atoms with van der Waals surface area (Å²) in [6.45, 7) is 1.98. The van der Waals surface area contributed by atoms with E-state index in [0.717, 1.165) is 22.0 Å². The summed E-state index contributed by atoms with van der Waals surface area (Å²) in [5.41, 5.74) is 2.60. The van der Waals surface area contributed by atoms with Gasteiger partial charge in [-0.2, -0.15) is 0 Å². The maximum absolute atomic E-state index is 13.0. The number of benzene rings is 2. The minimum absolute atomic E-state index is 0.0628. The van der Waals surface area contributed by atoms with Gasteiger partial charge in [-0.25, -0.2) is 9.37 Å². The number of imidazole rings is 1. The Morgan fingerprint density at radius 3 is 2.54 bits per heavy atom. The molecule has 0 bridgehead atoms. The molecule has 0 radical (unpaired) electrons. The van der Waals surface area contributed by atoms with E-state index in [2.05, 4.69) is 20.2 Å². The van der Waals surface area contributed by atoms with Crippen molar-refractivity contribution in [1.82, 2.24) is 20.2 Å². The highest BCUT2D eigenvalue weighted by molar-refractivity contribution is 7.99. The number of aromatic amines is 1. The third-order valence-electron chi connectivity index (χ3n) is 3.81. The Bertz CT molecular complexity index is 998. The molecular weight excluding hydrogens is 351 g/mol. The first kappa shape index (κ1) is 16.5. The predicted octanol–water partition coefficient (Wildman–Crippen LogP) is 5.12. The van der Waals surface area contributed by atoms with Crippen molar-refractivity contribution in [2.24, 2.45) is 0 Å². The van der Waals surface area contributed by atoms with Crippen molar-refractivity contribution < 1.29 is 8.81 Å². The highest BCUT2D eigenvalue weighted by Crippen LogP contribution is 2.34. The SMILES string of the molecule is C[C@@H](Sc1ncc(-c2ccc(F)cc2)[nH]1)c1nnc(-c2ccccc2)o1. The average molecular weight is 366 g/mol. The Morgan fingerprint density at radius 2 is 1.77 bits per heavy atom. The van der Waals surface area contributed by atoms with E-state index in [0.29, 0.717) is 11.8 Å². The van der Waals surface area contributed by atoms with Gasteiger partial charge in [0.2, 0.25) is 11.8 Å². The molecule has 0 unspecified atom stereocenters. The summed E-state index contributed by atoms with van der Waals surface area (Å²) >= 11 is 1.49. The van der Waals surface area contributed by atoms with Crippen LogP contribution in [-0.4, -0.2) is 20.2 Å². The zero-order valence-corrected chi connectivity index (χ0v) is 14.7. The summed E-state index contributed by atoms with van der Waals surface area (Å²) in [4.78, 5) is 7.60. The molecule has 0 aliphatic carbocycles. The van der Waals surface area contributed by atoms with Gasteiger partial charge in [-0.1, -0.05) is 30.0 Å². The lowest BCUT2D eigenvalue weighted by molar-refractivity contribution is 0.509. The van der Waals surface area contributed by atoms with Crippen LogP contribution < -0.4 is 0 Å². The van der Waals surface area contributed by atoms with Gasteiger partial charge in [0.05, 0.1) is 17.1 Å². The number of nitrogens with zero attached hydrogens (tertiary/aromatic N) is 3. The van der Waals surface area contributed by atoms with Crippen molar-refractivity contribution in [1.29, 1.82) is 0 Å². The molecule has 7 heteroatoms. The molecule has 0 fully saturated rings. The standard InChI is InChI=1S/C19H15FN4OS/c1-12(17-23-24-18(25-17)14-5-3-2-4-6-14)26-19-21-11-16(22-19)13-7-9-15(20)10-8-13/h2-12H,1H3,(H,21,22)/t12-/m1/s1. The first-order valence-corrected chi connectivity index (χ1v) is 8.93. The van der Waals surface area contributed by atoms with E-state index in [1.807, 2.05) is 37.3 Å². The van der Waals surface area contributed by atoms with Gasteiger partial charge in [0.25, 0.3) is 0 Å². The van der Waals surface area contributed by atoms with Crippen molar-refractivity contribution in [2.75, 3.05) is 0 Å². The lowest BCUT2D eigenvalue weighted by atomic mass is 10.2. The van der Waals surface area contributed by atoms with Gasteiger partial charge in [0.1, 0.15) is 5.82 Å². The molecule has 1 atom stereocenters. The Balaban J connectivity index is 1.48. The topological polar surface area (TPSA) is 67.6 Å². The van der Waals surface area contributed by atoms with Gasteiger partial charge in [-0.3, -0.25) is 0 Å². The molecule has 5 nitrogen and oxygen atoms in total. The molecule has 0 saturated heterocycles. The molecule has 0 aliphatic heterocycles. The van der Waals surface area contributed by atoms with Crippen molar-refractivity contribution in [3.05, 3.63) is 72.5 Å². The number of halogens is 1. The molecule has 1 N–H and O–H groups in total. The lowest BCUT2D eigenvalue weighted by Crippen LogP contribution is -1.89. The van der Waals surface area contributed by atoms with Gasteiger partial charge in [0, 0.05) is 5.56 Å². The molecule has 2 heterocycles. The number of thioether (sulfide) groups is 1. The van der Waals surface area contributed by atoms with Gasteiger partial charge < -0.3 is 9.40 Å². The monoisotopic (exact) mass is 366 g/mol. The Labute approximate surface area is 153 Å². The number of nitrogens with one attached hydrogen (secondary N) is 1. The van der Waals surface area contributed by atoms with Crippen LogP contribution in [0.3, 0.4) is 0 Å². The van der Waals surface area contributed by atoms with E-state index >= 15 is 0 Å². The zero-order valence-electron chi connectivity index (χ0n) is 13.9. The summed E-state index contributed by atoms with van der Waals surface area (Å²) in [7, 11) is 0. The largest absolute Gasteiger partial charge is 0.419 e. The average Bonchev–Trinajstić information content (AvgIpc) is 3.33. The molecule has 0 amide bonds. The summed E-state index contributed by atoms with van der Waals surface area (Å²) < 4.78 is 18.8. The minimum Gasteiger partial charge on any atom is -0.419 e. The molecule has 4 rings (SSSR count). The Morgan fingerprint density at radius 1 is 1.00 bits per heavy atom. The van der Waals surface area contributed by atoms with E-state index in [9.17, 15) is 4.39 Å². The molecule has 130 valence electrons. The molecule has 0 saturated carbocycles. The smallest absolute Gasteiger partial charge is 0.247 e. The van der Waals surface area contributed by atoms with Crippen molar-refractivity contribution in [3.63, 3.8) is 0 Å². The van der Waals surface area contributed by atoms with E-state index < -0.39 is 0 Å². The molecular formula is C19H15FN4OS. The fraction of sp³-hybridized carbons (Fsp3) is 0.105. The van der Waals surface area contributed by atoms with E-state index in [1.54, 1.807) is 18.3 Å². The lowest BCUT2D eigenvalue weighted by Gasteiger charge is -2.03. The highest BCUT2D eigenvalue weighted by atomic mass is 32.2. The van der Waals surface area contributed by atoms with Crippen molar-refractivity contribution in [3.8, 4) is 22.7 Å². The second-order valence-corrected chi connectivity index (χ2v) is 7.01. The molecule has 2 aromatic heterocycles. The van der Waals surface area contributed by atoms with Crippen LogP contribution in [0.25, 0.3) is 22.7 Å². The number of H-pyrrole nitrogens is 1. The van der Waals surface area contributed by atoms with Crippen molar-refractivity contribution >= 4 is 11.8 Å². The Kier molecular flexibility index (Phi) is 4.53. The first-order chi connectivity index (χ1) is 12.7. The summed E-state index contributed by atoms with van der Waals surface area (Å²) in [5.74, 6) is 0.773. The van der Waals surface area contributed by atoms with Crippen LogP contribution in [-0.2, 0) is 0 Å². The fourth-order valence-corrected chi connectivity index (χ4v) is 3.27. The normalized spacial score (nSPS) is 12.2. The predicted molar refractivity (Wildman–Crippen MR) is 98.0 cm³/mol. The number of rotatable bonds is 5. The summed E-state index contributed by atoms with van der Waals surface area (Å²) in [6, 6.07) is 15.9. The highest BCUT2D eigenvalue weighted by Gasteiger charge is 2.18. The third kappa shape index (κ3) is 3.52. The van der Waals surface area contributed by atoms with Crippen LogP contribution in [0, 0.1) is 5.82 Å². The van der Waals surface area contributed by atoms with Gasteiger partial charge in [-0.15, -0.1) is 10.2 Å². The number of hydrogen-bond donors (Lipinski definition) is 1. The van der Waals surface area contributed by atoms with E-state index in [1.165, 1.54) is 23.9 Å². The summed E-state index contributed by atoms with van der Waals surface area (Å²) in [6.07, 6.45) is 1.73. The van der Waals surface area contributed by atoms with Gasteiger partial charge in [-0.05, 0) is 48.9 Å². The van der Waals surface area contributed by atoms with Crippen LogP contribution in [0.2, 0.25) is 0 Å². The van der Waals surface area contributed by atoms with E-state index in [-0.39, 0.29) is 11.1 Å². The number of aromatic nitrogens is 4. The Hall–Kier alpha value is -2.93. The van der Waals surface area contributed by atoms with Gasteiger partial charge >= 0.3 is 0 Å². The quantitative estimate of drug-likeness (QED) is 0.497. The second-order valence-electron chi connectivity index (χ2n) is 5.68. The molecule has 26 heavy (non-hydrogen) atoms. The first-order valence-electron chi connectivity index (χ1n) is 8.05. The molecule has 0 spiro atoms. The van der Waals surface area contributed by atoms with Gasteiger partial charge in [0.15, 0.2) is 5.16 Å².